The van der Waals surface area contributed by atoms with E-state index < -0.39 is 0 Å². The average Bonchev–Trinajstić information content (AvgIpc) is 3.89. The molecule has 11 heteroatoms. The van der Waals surface area contributed by atoms with Crippen molar-refractivity contribution in [3.63, 3.8) is 0 Å². The monoisotopic (exact) mass is 610 g/mol. The molecule has 0 N–H and O–H groups in total. The number of rotatable bonds is 5. The fraction of sp³-hybridized carbons (Fsp3) is 0.147. The van der Waals surface area contributed by atoms with Crippen LogP contribution in [0.1, 0.15) is 43.6 Å². The van der Waals surface area contributed by atoms with Gasteiger partial charge < -0.3 is 37.9 Å². The standard InChI is InChI=1S/C17H12O5.C9H8O3.C8H6O3/c18-13(12-3-6-15-17(8-12)22-10-20-15)4-1-11-2-5-14-16(7-11)21-9-19-14;1-6(10)7-2-3-8-9(4-7)12-5-11-8;9-4-6-1-2-7-8(3-6)11-5-10-7/h1-8H,9-10H2;2-4H,5H2,1H3;1-4H,5H2/b4-1+;;. The van der Waals surface area contributed by atoms with E-state index in [0.29, 0.717) is 56.9 Å². The summed E-state index contributed by atoms with van der Waals surface area (Å²) < 4.78 is 41.4. The Bertz CT molecular complexity index is 1790. The number of hydrogen-bond donors (Lipinski definition) is 0. The van der Waals surface area contributed by atoms with E-state index >= 15 is 0 Å². The van der Waals surface area contributed by atoms with Gasteiger partial charge >= 0.3 is 0 Å². The smallest absolute Gasteiger partial charge is 0.231 e. The number of carbonyl (C=O) groups excluding carboxylic acids is 3. The summed E-state index contributed by atoms with van der Waals surface area (Å²) in [5.41, 5.74) is 2.69. The minimum atomic E-state index is -0.101. The molecule has 0 saturated carbocycles. The summed E-state index contributed by atoms with van der Waals surface area (Å²) in [6.07, 6.45) is 4.05. The van der Waals surface area contributed by atoms with E-state index in [1.165, 1.54) is 13.0 Å². The molecule has 4 aromatic carbocycles. The molecule has 0 saturated heterocycles. The first-order valence-electron chi connectivity index (χ1n) is 13.7. The molecule has 11 nitrogen and oxygen atoms in total. The van der Waals surface area contributed by atoms with Crippen molar-refractivity contribution in [2.24, 2.45) is 0 Å². The number of carbonyl (C=O) groups is 3. The second kappa shape index (κ2) is 13.1. The molecule has 0 radical (unpaired) electrons. The molecule has 8 rings (SSSR count). The Labute approximate surface area is 257 Å². The maximum Gasteiger partial charge on any atom is 0.231 e. The normalized spacial score (nSPS) is 13.8. The van der Waals surface area contributed by atoms with Crippen LogP contribution >= 0.6 is 0 Å². The van der Waals surface area contributed by atoms with E-state index in [1.807, 2.05) is 18.2 Å². The van der Waals surface area contributed by atoms with Gasteiger partial charge in [0.15, 0.2) is 57.6 Å². The summed E-state index contributed by atoms with van der Waals surface area (Å²) in [5.74, 6) is 5.33. The van der Waals surface area contributed by atoms with Crippen molar-refractivity contribution >= 4 is 23.9 Å². The van der Waals surface area contributed by atoms with Gasteiger partial charge in [-0.3, -0.25) is 14.4 Å². The predicted octanol–water partition coefficient (Wildman–Crippen LogP) is 5.89. The van der Waals surface area contributed by atoms with Gasteiger partial charge in [-0.15, -0.1) is 0 Å². The van der Waals surface area contributed by atoms with Crippen LogP contribution in [-0.4, -0.2) is 45.0 Å². The molecule has 4 heterocycles. The molecular weight excluding hydrogens is 584 g/mol. The number of fused-ring (bicyclic) bond motifs is 4. The summed E-state index contributed by atoms with van der Waals surface area (Å²) in [6.45, 7) is 2.45. The summed E-state index contributed by atoms with van der Waals surface area (Å²) in [5, 5.41) is 0. The van der Waals surface area contributed by atoms with Crippen LogP contribution in [0.25, 0.3) is 6.08 Å². The molecule has 0 spiro atoms. The van der Waals surface area contributed by atoms with Gasteiger partial charge in [-0.1, -0.05) is 12.1 Å². The molecule has 228 valence electrons. The number of aldehydes is 1. The summed E-state index contributed by atoms with van der Waals surface area (Å²) in [6, 6.07) is 21.0. The van der Waals surface area contributed by atoms with E-state index in [0.717, 1.165) is 17.6 Å². The number of ether oxygens (including phenoxy) is 8. The van der Waals surface area contributed by atoms with Gasteiger partial charge in [0, 0.05) is 16.7 Å². The third-order valence-electron chi connectivity index (χ3n) is 6.79. The van der Waals surface area contributed by atoms with Crippen molar-refractivity contribution in [1.29, 1.82) is 0 Å². The highest BCUT2D eigenvalue weighted by Crippen LogP contribution is 2.35. The highest BCUT2D eigenvalue weighted by atomic mass is 16.7. The Balaban J connectivity index is 0.000000131. The molecular formula is C34H26O11. The molecule has 4 aromatic rings. The average molecular weight is 611 g/mol. The first-order chi connectivity index (χ1) is 22.0. The quantitative estimate of drug-likeness (QED) is 0.153. The number of allylic oxidation sites excluding steroid dienone is 1. The van der Waals surface area contributed by atoms with Crippen LogP contribution in [0.3, 0.4) is 0 Å². The molecule has 0 unspecified atom stereocenters. The van der Waals surface area contributed by atoms with Crippen LogP contribution in [-0.2, 0) is 0 Å². The lowest BCUT2D eigenvalue weighted by molar-refractivity contribution is 0.101. The molecule has 45 heavy (non-hydrogen) atoms. The highest BCUT2D eigenvalue weighted by molar-refractivity contribution is 6.07. The van der Waals surface area contributed by atoms with E-state index in [4.69, 9.17) is 37.9 Å². The fourth-order valence-electron chi connectivity index (χ4n) is 4.44. The molecule has 0 aliphatic carbocycles. The lowest BCUT2D eigenvalue weighted by Gasteiger charge is -2.00. The number of Topliss-reactive ketones (excluding diaryl/α,β-unsaturated/α-hetero) is 1. The van der Waals surface area contributed by atoms with E-state index in [9.17, 15) is 14.4 Å². The fourth-order valence-corrected chi connectivity index (χ4v) is 4.44. The Morgan fingerprint density at radius 2 is 0.911 bits per heavy atom. The molecule has 0 atom stereocenters. The number of benzene rings is 4. The summed E-state index contributed by atoms with van der Waals surface area (Å²) in [4.78, 5) is 33.5. The summed E-state index contributed by atoms with van der Waals surface area (Å²) in [7, 11) is 0. The second-order valence-electron chi connectivity index (χ2n) is 9.73. The Hall–Kier alpha value is -5.97. The predicted molar refractivity (Wildman–Crippen MR) is 159 cm³/mol. The van der Waals surface area contributed by atoms with Gasteiger partial charge in [-0.05, 0) is 85.3 Å². The van der Waals surface area contributed by atoms with Crippen molar-refractivity contribution in [2.45, 2.75) is 6.92 Å². The highest BCUT2D eigenvalue weighted by Gasteiger charge is 2.17. The minimum Gasteiger partial charge on any atom is -0.454 e. The van der Waals surface area contributed by atoms with Crippen LogP contribution in [0.2, 0.25) is 0 Å². The lowest BCUT2D eigenvalue weighted by atomic mass is 10.1. The molecule has 0 bridgehead atoms. The third kappa shape index (κ3) is 6.83. The van der Waals surface area contributed by atoms with Crippen molar-refractivity contribution in [3.8, 4) is 46.0 Å². The minimum absolute atomic E-state index is 0.0355. The van der Waals surface area contributed by atoms with Crippen LogP contribution < -0.4 is 37.9 Å². The van der Waals surface area contributed by atoms with Crippen molar-refractivity contribution in [1.82, 2.24) is 0 Å². The first kappa shape index (κ1) is 29.1. The van der Waals surface area contributed by atoms with E-state index in [2.05, 4.69) is 0 Å². The van der Waals surface area contributed by atoms with Gasteiger partial charge in [0.25, 0.3) is 0 Å². The zero-order valence-corrected chi connectivity index (χ0v) is 24.0. The Morgan fingerprint density at radius 1 is 0.511 bits per heavy atom. The van der Waals surface area contributed by atoms with Crippen LogP contribution in [0.4, 0.5) is 0 Å². The molecule has 0 amide bonds. The van der Waals surface area contributed by atoms with Crippen LogP contribution in [0.15, 0.2) is 78.9 Å². The Kier molecular flexibility index (Phi) is 8.49. The van der Waals surface area contributed by atoms with Crippen molar-refractivity contribution in [3.05, 3.63) is 101 Å². The van der Waals surface area contributed by atoms with Gasteiger partial charge in [0.2, 0.25) is 27.2 Å². The van der Waals surface area contributed by atoms with Crippen molar-refractivity contribution < 1.29 is 52.3 Å². The van der Waals surface area contributed by atoms with E-state index in [-0.39, 0.29) is 38.7 Å². The van der Waals surface area contributed by atoms with Crippen LogP contribution in [0.5, 0.6) is 46.0 Å². The maximum absolute atomic E-state index is 12.2. The largest absolute Gasteiger partial charge is 0.454 e. The number of hydrogen-bond acceptors (Lipinski definition) is 11. The molecule has 4 aliphatic heterocycles. The SMILES string of the molecule is CC(=O)c1ccc2c(c1)OCO2.O=C(/C=C/c1ccc2c(c1)OCO2)c1ccc2c(c1)OCO2.O=Cc1ccc2c(c1)OCO2. The Morgan fingerprint density at radius 3 is 1.42 bits per heavy atom. The lowest BCUT2D eigenvalue weighted by Crippen LogP contribution is -1.94. The second-order valence-corrected chi connectivity index (χ2v) is 9.73. The number of ketones is 2. The van der Waals surface area contributed by atoms with E-state index in [1.54, 1.807) is 60.7 Å². The topological polar surface area (TPSA) is 125 Å². The maximum atomic E-state index is 12.2. The van der Waals surface area contributed by atoms with Crippen molar-refractivity contribution in [2.75, 3.05) is 27.2 Å². The zero-order valence-electron chi connectivity index (χ0n) is 24.0. The zero-order chi connectivity index (χ0) is 31.2. The van der Waals surface area contributed by atoms with Gasteiger partial charge in [-0.25, -0.2) is 0 Å². The van der Waals surface area contributed by atoms with Gasteiger partial charge in [-0.2, -0.15) is 0 Å². The third-order valence-corrected chi connectivity index (χ3v) is 6.79. The molecule has 0 aromatic heterocycles. The van der Waals surface area contributed by atoms with Crippen LogP contribution in [0, 0.1) is 0 Å². The molecule has 0 fully saturated rings. The van der Waals surface area contributed by atoms with Gasteiger partial charge in [0.05, 0.1) is 0 Å². The first-order valence-corrected chi connectivity index (χ1v) is 13.7. The molecule has 4 aliphatic rings. The summed E-state index contributed by atoms with van der Waals surface area (Å²) >= 11 is 0. The van der Waals surface area contributed by atoms with Gasteiger partial charge in [0.1, 0.15) is 6.29 Å².